The van der Waals surface area contributed by atoms with Crippen molar-refractivity contribution in [1.82, 2.24) is 30.3 Å². The number of aromatic nitrogens is 3. The molecule has 1 fully saturated rings. The van der Waals surface area contributed by atoms with Crippen LogP contribution in [0.2, 0.25) is 0 Å². The van der Waals surface area contributed by atoms with Gasteiger partial charge in [-0.05, 0) is 24.1 Å². The first kappa shape index (κ1) is 19.3. The van der Waals surface area contributed by atoms with Gasteiger partial charge in [-0.3, -0.25) is 10.00 Å². The number of nitrogens with zero attached hydrogens (tertiary/aromatic N) is 4. The van der Waals surface area contributed by atoms with Gasteiger partial charge in [0.15, 0.2) is 0 Å². The highest BCUT2D eigenvalue weighted by molar-refractivity contribution is 7.89. The van der Waals surface area contributed by atoms with E-state index in [9.17, 15) is 13.2 Å². The molecule has 1 aliphatic heterocycles. The lowest BCUT2D eigenvalue weighted by Gasteiger charge is -2.34. The van der Waals surface area contributed by atoms with Crippen LogP contribution in [0.3, 0.4) is 0 Å². The Bertz CT molecular complexity index is 845. The number of nitrogens with one attached hydrogen (secondary N) is 2. The number of amides is 2. The summed E-state index contributed by atoms with van der Waals surface area (Å²) in [4.78, 5) is 20.5. The average molecular weight is 393 g/mol. The number of carbonyl (C=O) groups excluding carboxylic acids is 1. The molecule has 0 aliphatic carbocycles. The Balaban J connectivity index is 1.38. The quantitative estimate of drug-likeness (QED) is 0.606. The lowest BCUT2D eigenvalue weighted by Crippen LogP contribution is -2.51. The maximum Gasteiger partial charge on any atom is 0.317 e. The molecule has 1 aromatic carbocycles. The van der Waals surface area contributed by atoms with Crippen LogP contribution in [-0.4, -0.2) is 72.2 Å². The van der Waals surface area contributed by atoms with Crippen LogP contribution < -0.4 is 10.5 Å². The molecule has 1 saturated heterocycles. The zero-order valence-electron chi connectivity index (χ0n) is 14.8. The molecule has 2 heterocycles. The Morgan fingerprint density at radius 1 is 1.19 bits per heavy atom. The summed E-state index contributed by atoms with van der Waals surface area (Å²) < 4.78 is 22.5. The molecule has 10 nitrogen and oxygen atoms in total. The van der Waals surface area contributed by atoms with Crippen LogP contribution in [0.25, 0.3) is 0 Å². The maximum absolute atomic E-state index is 12.3. The number of piperazine rings is 1. The van der Waals surface area contributed by atoms with E-state index in [2.05, 4.69) is 25.4 Å². The number of urea groups is 1. The van der Waals surface area contributed by atoms with Gasteiger partial charge in [0.1, 0.15) is 12.2 Å². The fourth-order valence-electron chi connectivity index (χ4n) is 2.90. The molecular weight excluding hydrogens is 370 g/mol. The van der Waals surface area contributed by atoms with Crippen LogP contribution in [0.5, 0.6) is 0 Å². The summed E-state index contributed by atoms with van der Waals surface area (Å²) >= 11 is 0. The molecule has 0 unspecified atom stereocenters. The van der Waals surface area contributed by atoms with Crippen molar-refractivity contribution >= 4 is 16.1 Å². The van der Waals surface area contributed by atoms with E-state index in [0.717, 1.165) is 24.5 Å². The molecule has 146 valence electrons. The van der Waals surface area contributed by atoms with Crippen molar-refractivity contribution in [2.24, 2.45) is 5.14 Å². The minimum absolute atomic E-state index is 0.0819. The minimum atomic E-state index is -3.68. The van der Waals surface area contributed by atoms with Gasteiger partial charge in [-0.2, -0.15) is 5.10 Å². The van der Waals surface area contributed by atoms with E-state index < -0.39 is 10.0 Å². The average Bonchev–Trinajstić information content (AvgIpc) is 3.15. The first-order valence-electron chi connectivity index (χ1n) is 8.63. The molecule has 0 spiro atoms. The maximum atomic E-state index is 12.3. The first-order valence-corrected chi connectivity index (χ1v) is 10.2. The smallest absolute Gasteiger partial charge is 0.317 e. The van der Waals surface area contributed by atoms with Crippen LogP contribution in [0.15, 0.2) is 35.5 Å². The molecule has 27 heavy (non-hydrogen) atoms. The highest BCUT2D eigenvalue weighted by Gasteiger charge is 2.21. The van der Waals surface area contributed by atoms with E-state index in [1.54, 1.807) is 17.0 Å². The lowest BCUT2D eigenvalue weighted by atomic mass is 10.1. The molecule has 4 N–H and O–H groups in total. The Hall–Kier alpha value is -2.50. The third kappa shape index (κ3) is 5.49. The van der Waals surface area contributed by atoms with Crippen LogP contribution in [0, 0.1) is 0 Å². The zero-order chi connectivity index (χ0) is 19.3. The van der Waals surface area contributed by atoms with E-state index in [1.807, 2.05) is 0 Å². The molecule has 2 aromatic rings. The second-order valence-corrected chi connectivity index (χ2v) is 7.93. The Morgan fingerprint density at radius 3 is 2.48 bits per heavy atom. The fraction of sp³-hybridized carbons (Fsp3) is 0.438. The van der Waals surface area contributed by atoms with Crippen molar-refractivity contribution in [3.8, 4) is 0 Å². The number of rotatable bonds is 6. The SMILES string of the molecule is NS(=O)(=O)c1ccc(CCNC(=O)N2CCN(Cc3ncn[nH]3)CC2)cc1. The normalized spacial score (nSPS) is 15.7. The Labute approximate surface area is 157 Å². The van der Waals surface area contributed by atoms with Gasteiger partial charge in [-0.15, -0.1) is 0 Å². The number of aromatic amines is 1. The molecule has 1 aromatic heterocycles. The van der Waals surface area contributed by atoms with E-state index in [-0.39, 0.29) is 10.9 Å². The largest absolute Gasteiger partial charge is 0.338 e. The van der Waals surface area contributed by atoms with Crippen LogP contribution in [0.1, 0.15) is 11.4 Å². The zero-order valence-corrected chi connectivity index (χ0v) is 15.7. The Morgan fingerprint density at radius 2 is 1.89 bits per heavy atom. The van der Waals surface area contributed by atoms with Gasteiger partial charge in [0.05, 0.1) is 11.4 Å². The fourth-order valence-corrected chi connectivity index (χ4v) is 3.41. The molecule has 3 rings (SSSR count). The first-order chi connectivity index (χ1) is 12.9. The second-order valence-electron chi connectivity index (χ2n) is 6.37. The summed E-state index contributed by atoms with van der Waals surface area (Å²) in [6, 6.07) is 6.26. The van der Waals surface area contributed by atoms with Gasteiger partial charge < -0.3 is 10.2 Å². The molecule has 1 aliphatic rings. The highest BCUT2D eigenvalue weighted by atomic mass is 32.2. The number of hydrogen-bond donors (Lipinski definition) is 3. The van der Waals surface area contributed by atoms with Gasteiger partial charge in [0.2, 0.25) is 10.0 Å². The summed E-state index contributed by atoms with van der Waals surface area (Å²) in [7, 11) is -3.68. The van der Waals surface area contributed by atoms with Crippen molar-refractivity contribution in [2.75, 3.05) is 32.7 Å². The molecule has 0 saturated carbocycles. The van der Waals surface area contributed by atoms with Gasteiger partial charge in [-0.1, -0.05) is 12.1 Å². The van der Waals surface area contributed by atoms with Crippen molar-refractivity contribution in [3.63, 3.8) is 0 Å². The van der Waals surface area contributed by atoms with Crippen LogP contribution >= 0.6 is 0 Å². The lowest BCUT2D eigenvalue weighted by molar-refractivity contribution is 0.133. The molecule has 2 amide bonds. The summed E-state index contributed by atoms with van der Waals surface area (Å²) in [6.45, 7) is 4.05. The number of hydrogen-bond acceptors (Lipinski definition) is 6. The highest BCUT2D eigenvalue weighted by Crippen LogP contribution is 2.09. The molecule has 11 heteroatoms. The molecule has 0 bridgehead atoms. The van der Waals surface area contributed by atoms with Crippen LogP contribution in [-0.2, 0) is 23.0 Å². The molecule has 0 atom stereocenters. The summed E-state index contributed by atoms with van der Waals surface area (Å²) in [5.41, 5.74) is 0.930. The number of primary sulfonamides is 1. The van der Waals surface area contributed by atoms with Crippen molar-refractivity contribution in [1.29, 1.82) is 0 Å². The number of benzene rings is 1. The van der Waals surface area contributed by atoms with E-state index in [4.69, 9.17) is 5.14 Å². The van der Waals surface area contributed by atoms with Crippen molar-refractivity contribution < 1.29 is 13.2 Å². The Kier molecular flexibility index (Phi) is 6.04. The summed E-state index contributed by atoms with van der Waals surface area (Å²) in [5.74, 6) is 0.821. The second kappa shape index (κ2) is 8.46. The topological polar surface area (TPSA) is 137 Å². The van der Waals surface area contributed by atoms with E-state index in [0.29, 0.717) is 32.6 Å². The van der Waals surface area contributed by atoms with Gasteiger partial charge in [-0.25, -0.2) is 23.3 Å². The summed E-state index contributed by atoms with van der Waals surface area (Å²) in [6.07, 6.45) is 2.10. The predicted molar refractivity (Wildman–Crippen MR) is 98.2 cm³/mol. The molecular formula is C16H23N7O3S. The standard InChI is InChI=1S/C16H23N7O3S/c17-27(25,26)14-3-1-13(2-4-14)5-6-18-16(24)23-9-7-22(8-10-23)11-15-19-12-20-21-15/h1-4,12H,5-11H2,(H,18,24)(H2,17,25,26)(H,19,20,21). The molecule has 0 radical (unpaired) electrons. The van der Waals surface area contributed by atoms with Gasteiger partial charge in [0.25, 0.3) is 0 Å². The van der Waals surface area contributed by atoms with Crippen LogP contribution in [0.4, 0.5) is 4.79 Å². The predicted octanol–water partition coefficient (Wildman–Crippen LogP) is -0.478. The van der Waals surface area contributed by atoms with Gasteiger partial charge in [0, 0.05) is 32.7 Å². The van der Waals surface area contributed by atoms with Crippen molar-refractivity contribution in [3.05, 3.63) is 42.0 Å². The third-order valence-electron chi connectivity index (χ3n) is 4.44. The number of carbonyl (C=O) groups is 1. The number of H-pyrrole nitrogens is 1. The van der Waals surface area contributed by atoms with Gasteiger partial charge >= 0.3 is 6.03 Å². The van der Waals surface area contributed by atoms with E-state index >= 15 is 0 Å². The number of sulfonamides is 1. The minimum Gasteiger partial charge on any atom is -0.338 e. The van der Waals surface area contributed by atoms with Crippen molar-refractivity contribution in [2.45, 2.75) is 17.9 Å². The number of nitrogens with two attached hydrogens (primary N) is 1. The monoisotopic (exact) mass is 393 g/mol. The van der Waals surface area contributed by atoms with E-state index in [1.165, 1.54) is 18.5 Å². The third-order valence-corrected chi connectivity index (χ3v) is 5.37. The summed E-state index contributed by atoms with van der Waals surface area (Å²) in [5, 5.41) is 14.6.